The summed E-state index contributed by atoms with van der Waals surface area (Å²) in [4.78, 5) is 2.29. The van der Waals surface area contributed by atoms with E-state index in [1.807, 2.05) is 18.2 Å². The number of halogens is 1. The fraction of sp³-hybridized carbons (Fsp3) is 0.600. The molecule has 0 amide bonds. The monoisotopic (exact) mass is 284 g/mol. The second-order valence-corrected chi connectivity index (χ2v) is 5.19. The number of hydrogen-bond acceptors (Lipinski definition) is 3. The third kappa shape index (κ3) is 6.39. The Morgan fingerprint density at radius 2 is 2.16 bits per heavy atom. The van der Waals surface area contributed by atoms with Crippen molar-refractivity contribution in [3.8, 4) is 0 Å². The zero-order chi connectivity index (χ0) is 14.1. The summed E-state index contributed by atoms with van der Waals surface area (Å²) >= 11 is 6.07. The van der Waals surface area contributed by atoms with Gasteiger partial charge in [-0.2, -0.15) is 0 Å². The van der Waals surface area contributed by atoms with Crippen molar-refractivity contribution >= 4 is 11.6 Å². The van der Waals surface area contributed by atoms with Crippen LogP contribution in [0.25, 0.3) is 0 Å². The normalized spacial score (nSPS) is 12.9. The van der Waals surface area contributed by atoms with Crippen molar-refractivity contribution in [2.45, 2.75) is 19.4 Å². The first-order chi connectivity index (χ1) is 9.17. The minimum Gasteiger partial charge on any atom is -0.383 e. The molecule has 1 aromatic carbocycles. The van der Waals surface area contributed by atoms with Gasteiger partial charge in [-0.05, 0) is 44.3 Å². The maximum atomic E-state index is 6.07. The van der Waals surface area contributed by atoms with Crippen LogP contribution in [0, 0.1) is 0 Å². The molecule has 0 aromatic heterocycles. The van der Waals surface area contributed by atoms with Gasteiger partial charge in [0.15, 0.2) is 0 Å². The van der Waals surface area contributed by atoms with Crippen molar-refractivity contribution in [3.05, 3.63) is 34.9 Å². The molecule has 1 rings (SSSR count). The maximum Gasteiger partial charge on any atom is 0.0589 e. The number of methoxy groups -OCH3 is 1. The zero-order valence-electron chi connectivity index (χ0n) is 12.2. The molecule has 0 saturated carbocycles. The smallest absolute Gasteiger partial charge is 0.0589 e. The first kappa shape index (κ1) is 16.4. The largest absolute Gasteiger partial charge is 0.383 e. The Kier molecular flexibility index (Phi) is 8.07. The summed E-state index contributed by atoms with van der Waals surface area (Å²) in [6.07, 6.45) is 1.06. The summed E-state index contributed by atoms with van der Waals surface area (Å²) in [6, 6.07) is 8.46. The van der Waals surface area contributed by atoms with E-state index in [0.29, 0.717) is 6.04 Å². The molecule has 0 aliphatic carbocycles. The average molecular weight is 285 g/mol. The third-order valence-electron chi connectivity index (χ3n) is 3.18. The third-order valence-corrected chi connectivity index (χ3v) is 3.41. The van der Waals surface area contributed by atoms with E-state index in [1.165, 1.54) is 5.56 Å². The number of likely N-dealkylation sites (N-methyl/N-ethyl adjacent to an activating group) is 1. The molecule has 1 atom stereocenters. The Balaban J connectivity index is 2.53. The second-order valence-electron chi connectivity index (χ2n) is 4.75. The molecule has 0 fully saturated rings. The molecule has 0 radical (unpaired) electrons. The predicted octanol–water partition coefficient (Wildman–Crippen LogP) is 2.96. The van der Waals surface area contributed by atoms with E-state index in [2.05, 4.69) is 30.3 Å². The van der Waals surface area contributed by atoms with Gasteiger partial charge in [0.05, 0.1) is 6.61 Å². The van der Waals surface area contributed by atoms with E-state index < -0.39 is 0 Å². The van der Waals surface area contributed by atoms with E-state index >= 15 is 0 Å². The molecule has 1 N–H and O–H groups in total. The topological polar surface area (TPSA) is 24.5 Å². The van der Waals surface area contributed by atoms with Gasteiger partial charge in [0.25, 0.3) is 0 Å². The van der Waals surface area contributed by atoms with Gasteiger partial charge >= 0.3 is 0 Å². The molecule has 3 nitrogen and oxygen atoms in total. The highest BCUT2D eigenvalue weighted by atomic mass is 35.5. The summed E-state index contributed by atoms with van der Waals surface area (Å²) in [5.41, 5.74) is 1.26. The van der Waals surface area contributed by atoms with E-state index in [-0.39, 0.29) is 0 Å². The Hall–Kier alpha value is -0.610. The number of rotatable bonds is 9. The molecule has 1 aromatic rings. The van der Waals surface area contributed by atoms with Gasteiger partial charge in [0.2, 0.25) is 0 Å². The number of nitrogens with one attached hydrogen (secondary N) is 1. The second kappa shape index (κ2) is 9.32. The van der Waals surface area contributed by atoms with Crippen molar-refractivity contribution in [3.63, 3.8) is 0 Å². The van der Waals surface area contributed by atoms with Gasteiger partial charge in [0.1, 0.15) is 0 Å². The highest BCUT2D eigenvalue weighted by Crippen LogP contribution is 2.20. The lowest BCUT2D eigenvalue weighted by Crippen LogP contribution is -2.29. The minimum atomic E-state index is 0.355. The van der Waals surface area contributed by atoms with Crippen LogP contribution in [0.3, 0.4) is 0 Å². The van der Waals surface area contributed by atoms with Crippen LogP contribution in [0.5, 0.6) is 0 Å². The van der Waals surface area contributed by atoms with Crippen molar-refractivity contribution < 1.29 is 4.74 Å². The number of hydrogen-bond donors (Lipinski definition) is 1. The van der Waals surface area contributed by atoms with Crippen molar-refractivity contribution in [1.82, 2.24) is 10.2 Å². The molecule has 0 heterocycles. The molecule has 1 unspecified atom stereocenters. The van der Waals surface area contributed by atoms with E-state index in [9.17, 15) is 0 Å². The van der Waals surface area contributed by atoms with E-state index in [1.54, 1.807) is 7.11 Å². The van der Waals surface area contributed by atoms with Crippen molar-refractivity contribution in [1.29, 1.82) is 0 Å². The average Bonchev–Trinajstić information content (AvgIpc) is 2.41. The van der Waals surface area contributed by atoms with Crippen molar-refractivity contribution in [2.75, 3.05) is 40.4 Å². The molecule has 4 heteroatoms. The molecule has 19 heavy (non-hydrogen) atoms. The Bertz CT molecular complexity index is 360. The Morgan fingerprint density at radius 3 is 2.79 bits per heavy atom. The van der Waals surface area contributed by atoms with Gasteiger partial charge in [-0.1, -0.05) is 30.7 Å². The fourth-order valence-corrected chi connectivity index (χ4v) is 2.26. The lowest BCUT2D eigenvalue weighted by molar-refractivity contribution is 0.159. The van der Waals surface area contributed by atoms with Gasteiger partial charge in [-0.25, -0.2) is 0 Å². The SMILES string of the molecule is CCNC(CCN(C)CCOC)c1cccc(Cl)c1. The summed E-state index contributed by atoms with van der Waals surface area (Å²) in [6.45, 7) is 5.86. The molecular weight excluding hydrogens is 260 g/mol. The highest BCUT2D eigenvalue weighted by molar-refractivity contribution is 6.30. The van der Waals surface area contributed by atoms with Gasteiger partial charge in [-0.15, -0.1) is 0 Å². The van der Waals surface area contributed by atoms with E-state index in [4.69, 9.17) is 16.3 Å². The summed E-state index contributed by atoms with van der Waals surface area (Å²) in [5, 5.41) is 4.32. The minimum absolute atomic E-state index is 0.355. The van der Waals surface area contributed by atoms with Gasteiger partial charge in [-0.3, -0.25) is 0 Å². The summed E-state index contributed by atoms with van der Waals surface area (Å²) in [7, 11) is 3.86. The maximum absolute atomic E-state index is 6.07. The standard InChI is InChI=1S/C15H25ClN2O/c1-4-17-15(8-9-18(2)10-11-19-3)13-6-5-7-14(16)12-13/h5-7,12,15,17H,4,8-11H2,1-3H3. The molecule has 0 saturated heterocycles. The Labute approximate surface area is 121 Å². The van der Waals surface area contributed by atoms with Crippen LogP contribution in [0.4, 0.5) is 0 Å². The lowest BCUT2D eigenvalue weighted by Gasteiger charge is -2.22. The molecule has 0 spiro atoms. The number of nitrogens with zero attached hydrogens (tertiary/aromatic N) is 1. The quantitative estimate of drug-likeness (QED) is 0.754. The molecule has 0 aliphatic rings. The number of benzene rings is 1. The molecule has 0 bridgehead atoms. The summed E-state index contributed by atoms with van der Waals surface area (Å²) in [5.74, 6) is 0. The van der Waals surface area contributed by atoms with Crippen LogP contribution in [0.15, 0.2) is 24.3 Å². The van der Waals surface area contributed by atoms with Crippen LogP contribution in [-0.4, -0.2) is 45.3 Å². The fourth-order valence-electron chi connectivity index (χ4n) is 2.06. The lowest BCUT2D eigenvalue weighted by atomic mass is 10.0. The van der Waals surface area contributed by atoms with Crippen LogP contribution in [0.2, 0.25) is 5.02 Å². The predicted molar refractivity (Wildman–Crippen MR) is 81.9 cm³/mol. The van der Waals surface area contributed by atoms with Crippen LogP contribution in [0.1, 0.15) is 24.9 Å². The first-order valence-corrected chi connectivity index (χ1v) is 7.21. The van der Waals surface area contributed by atoms with Crippen LogP contribution >= 0.6 is 11.6 Å². The van der Waals surface area contributed by atoms with Gasteiger partial charge < -0.3 is 15.0 Å². The first-order valence-electron chi connectivity index (χ1n) is 6.83. The van der Waals surface area contributed by atoms with Crippen LogP contribution < -0.4 is 5.32 Å². The number of ether oxygens (including phenoxy) is 1. The summed E-state index contributed by atoms with van der Waals surface area (Å²) < 4.78 is 5.09. The molecular formula is C15H25ClN2O. The highest BCUT2D eigenvalue weighted by Gasteiger charge is 2.11. The van der Waals surface area contributed by atoms with Gasteiger partial charge in [0, 0.05) is 24.7 Å². The Morgan fingerprint density at radius 1 is 1.37 bits per heavy atom. The molecule has 108 valence electrons. The zero-order valence-corrected chi connectivity index (χ0v) is 12.9. The van der Waals surface area contributed by atoms with Crippen LogP contribution in [-0.2, 0) is 4.74 Å². The van der Waals surface area contributed by atoms with E-state index in [0.717, 1.165) is 37.7 Å². The van der Waals surface area contributed by atoms with Crippen molar-refractivity contribution in [2.24, 2.45) is 0 Å². The molecule has 0 aliphatic heterocycles.